The molecule has 3 heterocycles. The van der Waals surface area contributed by atoms with Crippen LogP contribution in [0.25, 0.3) is 11.3 Å². The molecule has 1 N–H and O–H groups in total. The van der Waals surface area contributed by atoms with Crippen LogP contribution in [0, 0.1) is 5.41 Å². The number of hydrogen-bond donors (Lipinski definition) is 1. The monoisotopic (exact) mass is 368 g/mol. The fourth-order valence-electron chi connectivity index (χ4n) is 4.31. The van der Waals surface area contributed by atoms with Crippen LogP contribution in [0.15, 0.2) is 30.5 Å². The van der Waals surface area contributed by atoms with Gasteiger partial charge in [-0.2, -0.15) is 5.10 Å². The normalized spacial score (nSPS) is 22.5. The van der Waals surface area contributed by atoms with E-state index in [9.17, 15) is 9.59 Å². The van der Waals surface area contributed by atoms with E-state index in [0.717, 1.165) is 37.1 Å². The smallest absolute Gasteiger partial charge is 0.257 e. The van der Waals surface area contributed by atoms with E-state index >= 15 is 0 Å². The zero-order chi connectivity index (χ0) is 19.0. The standard InChI is InChI=1S/C20H24N4O3/c1-23-9-4-7-20(19(23)26)8-10-24(13-20)18(25)16-12-21-22-17(16)14-5-3-6-15(11-14)27-2/h3,5-6,11-12H,4,7-10,13H2,1-2H3,(H,21,22)/t20-/m1/s1. The number of rotatable bonds is 3. The number of likely N-dealkylation sites (tertiary alicyclic amines) is 2. The number of hydrogen-bond acceptors (Lipinski definition) is 4. The molecular formula is C20H24N4O3. The number of methoxy groups -OCH3 is 1. The number of ether oxygens (including phenoxy) is 1. The molecule has 0 aliphatic carbocycles. The minimum absolute atomic E-state index is 0.0838. The Balaban J connectivity index is 1.58. The van der Waals surface area contributed by atoms with Crippen LogP contribution in [0.3, 0.4) is 0 Å². The molecule has 1 spiro atoms. The Morgan fingerprint density at radius 2 is 2.15 bits per heavy atom. The molecule has 2 saturated heterocycles. The van der Waals surface area contributed by atoms with Crippen molar-refractivity contribution in [2.45, 2.75) is 19.3 Å². The molecule has 2 aliphatic heterocycles. The lowest BCUT2D eigenvalue weighted by atomic mass is 9.78. The molecule has 27 heavy (non-hydrogen) atoms. The van der Waals surface area contributed by atoms with Crippen LogP contribution in [0.4, 0.5) is 0 Å². The summed E-state index contributed by atoms with van der Waals surface area (Å²) < 4.78 is 5.28. The average molecular weight is 368 g/mol. The number of nitrogens with zero attached hydrogens (tertiary/aromatic N) is 3. The van der Waals surface area contributed by atoms with E-state index in [0.29, 0.717) is 24.3 Å². The lowest BCUT2D eigenvalue weighted by Gasteiger charge is -2.37. The summed E-state index contributed by atoms with van der Waals surface area (Å²) in [6.45, 7) is 1.88. The lowest BCUT2D eigenvalue weighted by Crippen LogP contribution is -2.48. The molecule has 2 aliphatic rings. The number of benzene rings is 1. The van der Waals surface area contributed by atoms with Gasteiger partial charge in [0.05, 0.1) is 30.0 Å². The highest BCUT2D eigenvalue weighted by Crippen LogP contribution is 2.40. The third-order valence-electron chi connectivity index (χ3n) is 5.82. The fraction of sp³-hybridized carbons (Fsp3) is 0.450. The Labute approximate surface area is 158 Å². The molecule has 4 rings (SSSR count). The Morgan fingerprint density at radius 1 is 1.30 bits per heavy atom. The van der Waals surface area contributed by atoms with Crippen molar-refractivity contribution in [1.29, 1.82) is 0 Å². The van der Waals surface area contributed by atoms with E-state index in [4.69, 9.17) is 4.74 Å². The number of amides is 2. The van der Waals surface area contributed by atoms with Gasteiger partial charge in [0, 0.05) is 32.2 Å². The molecule has 2 aromatic rings. The predicted molar refractivity (Wildman–Crippen MR) is 100 cm³/mol. The summed E-state index contributed by atoms with van der Waals surface area (Å²) in [6.07, 6.45) is 4.14. The molecule has 0 saturated carbocycles. The Bertz CT molecular complexity index is 878. The van der Waals surface area contributed by atoms with Gasteiger partial charge < -0.3 is 14.5 Å². The van der Waals surface area contributed by atoms with Gasteiger partial charge in [-0.25, -0.2) is 0 Å². The summed E-state index contributed by atoms with van der Waals surface area (Å²) in [5.74, 6) is 0.806. The number of aromatic amines is 1. The first-order valence-corrected chi connectivity index (χ1v) is 9.27. The van der Waals surface area contributed by atoms with Crippen molar-refractivity contribution in [3.05, 3.63) is 36.0 Å². The van der Waals surface area contributed by atoms with E-state index in [1.807, 2.05) is 31.3 Å². The van der Waals surface area contributed by atoms with Gasteiger partial charge in [-0.1, -0.05) is 12.1 Å². The average Bonchev–Trinajstić information content (AvgIpc) is 3.34. The maximum atomic E-state index is 13.2. The molecule has 1 aromatic heterocycles. The van der Waals surface area contributed by atoms with Crippen LogP contribution in [0.1, 0.15) is 29.6 Å². The number of carbonyl (C=O) groups is 2. The summed E-state index contributed by atoms with van der Waals surface area (Å²) >= 11 is 0. The number of carbonyl (C=O) groups excluding carboxylic acids is 2. The number of piperidine rings is 1. The first-order chi connectivity index (χ1) is 13.0. The van der Waals surface area contributed by atoms with Crippen molar-refractivity contribution in [1.82, 2.24) is 20.0 Å². The second-order valence-electron chi connectivity index (χ2n) is 7.48. The van der Waals surface area contributed by atoms with Gasteiger partial charge in [0.1, 0.15) is 5.75 Å². The summed E-state index contributed by atoms with van der Waals surface area (Å²) in [5, 5.41) is 7.03. The highest BCUT2D eigenvalue weighted by Gasteiger charge is 2.48. The van der Waals surface area contributed by atoms with Gasteiger partial charge in [0.15, 0.2) is 0 Å². The molecule has 0 radical (unpaired) electrons. The maximum Gasteiger partial charge on any atom is 0.257 e. The third kappa shape index (κ3) is 2.97. The Kier molecular flexibility index (Phi) is 4.37. The molecular weight excluding hydrogens is 344 g/mol. The number of H-pyrrole nitrogens is 1. The van der Waals surface area contributed by atoms with Crippen LogP contribution < -0.4 is 4.74 Å². The first-order valence-electron chi connectivity index (χ1n) is 9.27. The van der Waals surface area contributed by atoms with Crippen LogP contribution in [0.5, 0.6) is 5.75 Å². The van der Waals surface area contributed by atoms with Crippen molar-refractivity contribution in [3.8, 4) is 17.0 Å². The van der Waals surface area contributed by atoms with Gasteiger partial charge in [-0.15, -0.1) is 0 Å². The van der Waals surface area contributed by atoms with E-state index in [-0.39, 0.29) is 11.8 Å². The number of aromatic nitrogens is 2. The van der Waals surface area contributed by atoms with E-state index in [2.05, 4.69) is 10.2 Å². The molecule has 2 amide bonds. The van der Waals surface area contributed by atoms with Crippen molar-refractivity contribution in [2.24, 2.45) is 5.41 Å². The van der Waals surface area contributed by atoms with Gasteiger partial charge in [-0.05, 0) is 31.4 Å². The second kappa shape index (κ2) is 6.72. The summed E-state index contributed by atoms with van der Waals surface area (Å²) in [7, 11) is 3.46. The molecule has 1 atom stereocenters. The molecule has 1 aromatic carbocycles. The molecule has 142 valence electrons. The van der Waals surface area contributed by atoms with Crippen LogP contribution in [-0.2, 0) is 4.79 Å². The Morgan fingerprint density at radius 3 is 2.96 bits per heavy atom. The second-order valence-corrected chi connectivity index (χ2v) is 7.48. The van der Waals surface area contributed by atoms with Gasteiger partial charge in [-0.3, -0.25) is 14.7 Å². The quantitative estimate of drug-likeness (QED) is 0.901. The first kappa shape index (κ1) is 17.6. The molecule has 0 unspecified atom stereocenters. The fourth-order valence-corrected chi connectivity index (χ4v) is 4.31. The zero-order valence-corrected chi connectivity index (χ0v) is 15.7. The lowest BCUT2D eigenvalue weighted by molar-refractivity contribution is -0.143. The van der Waals surface area contributed by atoms with E-state index in [1.54, 1.807) is 23.1 Å². The van der Waals surface area contributed by atoms with Crippen molar-refractivity contribution in [2.75, 3.05) is 33.8 Å². The molecule has 7 nitrogen and oxygen atoms in total. The zero-order valence-electron chi connectivity index (χ0n) is 15.7. The van der Waals surface area contributed by atoms with Gasteiger partial charge in [0.25, 0.3) is 5.91 Å². The molecule has 2 fully saturated rings. The highest BCUT2D eigenvalue weighted by molar-refractivity contribution is 6.00. The largest absolute Gasteiger partial charge is 0.497 e. The topological polar surface area (TPSA) is 78.5 Å². The minimum atomic E-state index is -0.414. The highest BCUT2D eigenvalue weighted by atomic mass is 16.5. The van der Waals surface area contributed by atoms with Crippen molar-refractivity contribution >= 4 is 11.8 Å². The van der Waals surface area contributed by atoms with Crippen LogP contribution in [0.2, 0.25) is 0 Å². The van der Waals surface area contributed by atoms with Gasteiger partial charge in [0.2, 0.25) is 5.91 Å². The predicted octanol–water partition coefficient (Wildman–Crippen LogP) is 2.17. The minimum Gasteiger partial charge on any atom is -0.497 e. The molecule has 0 bridgehead atoms. The van der Waals surface area contributed by atoms with Crippen LogP contribution in [-0.4, -0.2) is 65.6 Å². The maximum absolute atomic E-state index is 13.2. The third-order valence-corrected chi connectivity index (χ3v) is 5.82. The summed E-state index contributed by atoms with van der Waals surface area (Å²) in [6, 6.07) is 7.52. The van der Waals surface area contributed by atoms with Crippen molar-refractivity contribution in [3.63, 3.8) is 0 Å². The SMILES string of the molecule is COc1cccc(-c2[nH]ncc2C(=O)N2CC[C@]3(CCCN(C)C3=O)C2)c1. The summed E-state index contributed by atoms with van der Waals surface area (Å²) in [4.78, 5) is 29.5. The van der Waals surface area contributed by atoms with Crippen LogP contribution >= 0.6 is 0 Å². The summed E-state index contributed by atoms with van der Waals surface area (Å²) in [5.41, 5.74) is 1.63. The Hall–Kier alpha value is -2.83. The molecule has 7 heteroatoms. The van der Waals surface area contributed by atoms with E-state index < -0.39 is 5.41 Å². The van der Waals surface area contributed by atoms with E-state index in [1.165, 1.54) is 0 Å². The van der Waals surface area contributed by atoms with Crippen molar-refractivity contribution < 1.29 is 14.3 Å². The number of nitrogens with one attached hydrogen (secondary N) is 1. The van der Waals surface area contributed by atoms with Gasteiger partial charge >= 0.3 is 0 Å².